The topological polar surface area (TPSA) is 87.8 Å². The van der Waals surface area contributed by atoms with E-state index in [1.165, 1.54) is 6.42 Å². The maximum absolute atomic E-state index is 12.1. The van der Waals surface area contributed by atoms with E-state index in [2.05, 4.69) is 10.4 Å². The molecule has 0 saturated heterocycles. The molecule has 1 fully saturated rings. The molecule has 0 aliphatic heterocycles. The summed E-state index contributed by atoms with van der Waals surface area (Å²) in [6.07, 6.45) is 8.92. The van der Waals surface area contributed by atoms with Crippen molar-refractivity contribution < 1.29 is 9.59 Å². The molecule has 0 radical (unpaired) electrons. The van der Waals surface area contributed by atoms with Crippen molar-refractivity contribution in [2.45, 2.75) is 58.0 Å². The molecule has 1 aromatic heterocycles. The second-order valence-electron chi connectivity index (χ2n) is 5.90. The van der Waals surface area contributed by atoms with E-state index < -0.39 is 11.8 Å². The van der Waals surface area contributed by atoms with Crippen molar-refractivity contribution >= 4 is 11.7 Å². The van der Waals surface area contributed by atoms with Crippen LogP contribution in [-0.2, 0) is 16.1 Å². The van der Waals surface area contributed by atoms with Crippen molar-refractivity contribution in [3.63, 3.8) is 0 Å². The summed E-state index contributed by atoms with van der Waals surface area (Å²) in [6.45, 7) is 2.31. The number of nitrogens with zero attached hydrogens (tertiary/aromatic N) is 3. The predicted molar refractivity (Wildman–Crippen MR) is 80.7 cm³/mol. The molecule has 2 rings (SSSR count). The van der Waals surface area contributed by atoms with Gasteiger partial charge in [-0.2, -0.15) is 10.4 Å². The normalized spacial score (nSPS) is 16.7. The Morgan fingerprint density at radius 2 is 2.18 bits per heavy atom. The molecule has 0 spiro atoms. The molecule has 1 heterocycles. The van der Waals surface area contributed by atoms with Crippen LogP contribution in [0, 0.1) is 24.2 Å². The highest BCUT2D eigenvalue weighted by Gasteiger charge is 2.28. The number of nitrogens with one attached hydrogen (secondary N) is 1. The molecular weight excluding hydrogens is 280 g/mol. The maximum Gasteiger partial charge on any atom is 0.245 e. The second kappa shape index (κ2) is 7.74. The van der Waals surface area contributed by atoms with Gasteiger partial charge in [-0.25, -0.2) is 0 Å². The molecule has 1 unspecified atom stereocenters. The zero-order valence-electron chi connectivity index (χ0n) is 12.9. The zero-order chi connectivity index (χ0) is 15.9. The van der Waals surface area contributed by atoms with Gasteiger partial charge in [0.2, 0.25) is 5.91 Å². The highest BCUT2D eigenvalue weighted by molar-refractivity contribution is 6.03. The minimum Gasteiger partial charge on any atom is -0.352 e. The third-order valence-electron chi connectivity index (χ3n) is 4.01. The number of amides is 1. The molecule has 6 nitrogen and oxygen atoms in total. The van der Waals surface area contributed by atoms with Crippen molar-refractivity contribution in [2.75, 3.05) is 0 Å². The van der Waals surface area contributed by atoms with Gasteiger partial charge in [0.05, 0.1) is 12.3 Å². The standard InChI is InChI=1S/C16H22N4O2/c1-12-10-18-20(11-12)8-7-15(21)14(9-17)16(22)19-13-5-3-2-4-6-13/h10-11,13-14H,2-8H2,1H3,(H,19,22). The van der Waals surface area contributed by atoms with E-state index in [1.54, 1.807) is 10.9 Å². The summed E-state index contributed by atoms with van der Waals surface area (Å²) in [5, 5.41) is 16.1. The number of Topliss-reactive ketones (excluding diaryl/α,β-unsaturated/α-hetero) is 1. The summed E-state index contributed by atoms with van der Waals surface area (Å²) < 4.78 is 1.65. The lowest BCUT2D eigenvalue weighted by Crippen LogP contribution is -2.42. The van der Waals surface area contributed by atoms with E-state index in [9.17, 15) is 9.59 Å². The number of hydrogen-bond acceptors (Lipinski definition) is 4. The molecule has 22 heavy (non-hydrogen) atoms. The molecule has 1 amide bonds. The minimum absolute atomic E-state index is 0.110. The van der Waals surface area contributed by atoms with E-state index in [-0.39, 0.29) is 18.2 Å². The van der Waals surface area contributed by atoms with Crippen LogP contribution in [0.5, 0.6) is 0 Å². The lowest BCUT2D eigenvalue weighted by Gasteiger charge is -2.23. The number of hydrogen-bond donors (Lipinski definition) is 1. The first-order chi connectivity index (χ1) is 10.6. The van der Waals surface area contributed by atoms with Gasteiger partial charge in [0.15, 0.2) is 11.7 Å². The van der Waals surface area contributed by atoms with Gasteiger partial charge in [0, 0.05) is 25.2 Å². The summed E-state index contributed by atoms with van der Waals surface area (Å²) in [7, 11) is 0. The number of aromatic nitrogens is 2. The van der Waals surface area contributed by atoms with Crippen LogP contribution in [0.1, 0.15) is 44.1 Å². The van der Waals surface area contributed by atoms with Crippen molar-refractivity contribution in [1.82, 2.24) is 15.1 Å². The highest BCUT2D eigenvalue weighted by atomic mass is 16.2. The SMILES string of the molecule is Cc1cnn(CCC(=O)C(C#N)C(=O)NC2CCCCC2)c1. The zero-order valence-corrected chi connectivity index (χ0v) is 12.9. The second-order valence-corrected chi connectivity index (χ2v) is 5.90. The van der Waals surface area contributed by atoms with E-state index in [0.717, 1.165) is 31.2 Å². The summed E-state index contributed by atoms with van der Waals surface area (Å²) in [6, 6.07) is 1.95. The summed E-state index contributed by atoms with van der Waals surface area (Å²) in [4.78, 5) is 24.2. The quantitative estimate of drug-likeness (QED) is 0.811. The Balaban J connectivity index is 1.85. The van der Waals surface area contributed by atoms with Crippen molar-refractivity contribution in [1.29, 1.82) is 5.26 Å². The fraction of sp³-hybridized carbons (Fsp3) is 0.625. The maximum atomic E-state index is 12.1. The third kappa shape index (κ3) is 4.42. The fourth-order valence-corrected chi connectivity index (χ4v) is 2.77. The molecule has 0 aromatic carbocycles. The molecule has 118 valence electrons. The van der Waals surface area contributed by atoms with Gasteiger partial charge < -0.3 is 5.32 Å². The molecule has 1 aliphatic carbocycles. The first-order valence-corrected chi connectivity index (χ1v) is 7.82. The number of ketones is 1. The van der Waals surface area contributed by atoms with Gasteiger partial charge in [-0.15, -0.1) is 0 Å². The van der Waals surface area contributed by atoms with Crippen LogP contribution in [-0.4, -0.2) is 27.5 Å². The van der Waals surface area contributed by atoms with Gasteiger partial charge in [-0.3, -0.25) is 14.3 Å². The molecule has 1 aliphatic rings. The van der Waals surface area contributed by atoms with Crippen molar-refractivity contribution in [3.8, 4) is 6.07 Å². The molecule has 0 bridgehead atoms. The Bertz CT molecular complexity index is 567. The monoisotopic (exact) mass is 302 g/mol. The van der Waals surface area contributed by atoms with E-state index in [4.69, 9.17) is 5.26 Å². The minimum atomic E-state index is -1.21. The highest BCUT2D eigenvalue weighted by Crippen LogP contribution is 2.18. The van der Waals surface area contributed by atoms with Crippen LogP contribution < -0.4 is 5.32 Å². The van der Waals surface area contributed by atoms with Crippen molar-refractivity contribution in [3.05, 3.63) is 18.0 Å². The molecular formula is C16H22N4O2. The summed E-state index contributed by atoms with van der Waals surface area (Å²) in [5.74, 6) is -2.00. The van der Waals surface area contributed by atoms with Gasteiger partial charge in [0.1, 0.15) is 0 Å². The Morgan fingerprint density at radius 1 is 1.45 bits per heavy atom. The summed E-state index contributed by atoms with van der Waals surface area (Å²) in [5.41, 5.74) is 1.01. The Hall–Kier alpha value is -2.16. The van der Waals surface area contributed by atoms with Crippen LogP contribution in [0.4, 0.5) is 0 Å². The Labute approximate surface area is 130 Å². The Kier molecular flexibility index (Phi) is 5.70. The van der Waals surface area contributed by atoms with E-state index >= 15 is 0 Å². The fourth-order valence-electron chi connectivity index (χ4n) is 2.77. The van der Waals surface area contributed by atoms with E-state index in [1.807, 2.05) is 19.2 Å². The van der Waals surface area contributed by atoms with Crippen LogP contribution >= 0.6 is 0 Å². The number of nitriles is 1. The smallest absolute Gasteiger partial charge is 0.245 e. The summed E-state index contributed by atoms with van der Waals surface area (Å²) >= 11 is 0. The molecule has 6 heteroatoms. The predicted octanol–water partition coefficient (Wildman–Crippen LogP) is 1.74. The van der Waals surface area contributed by atoms with Gasteiger partial charge in [0.25, 0.3) is 0 Å². The van der Waals surface area contributed by atoms with Crippen LogP contribution in [0.25, 0.3) is 0 Å². The van der Waals surface area contributed by atoms with Crippen molar-refractivity contribution in [2.24, 2.45) is 5.92 Å². The average Bonchev–Trinajstić information content (AvgIpc) is 2.92. The first kappa shape index (κ1) is 16.2. The molecule has 1 saturated carbocycles. The number of carbonyl (C=O) groups excluding carboxylic acids is 2. The van der Waals surface area contributed by atoms with E-state index in [0.29, 0.717) is 6.54 Å². The number of aryl methyl sites for hydroxylation is 2. The lowest BCUT2D eigenvalue weighted by molar-refractivity contribution is -0.132. The van der Waals surface area contributed by atoms with Gasteiger partial charge >= 0.3 is 0 Å². The molecule has 1 aromatic rings. The van der Waals surface area contributed by atoms with Crippen LogP contribution in [0.15, 0.2) is 12.4 Å². The third-order valence-corrected chi connectivity index (χ3v) is 4.01. The number of carbonyl (C=O) groups is 2. The number of rotatable bonds is 6. The lowest BCUT2D eigenvalue weighted by atomic mass is 9.94. The first-order valence-electron chi connectivity index (χ1n) is 7.82. The van der Waals surface area contributed by atoms with Gasteiger partial charge in [-0.05, 0) is 25.3 Å². The molecule has 1 atom stereocenters. The largest absolute Gasteiger partial charge is 0.352 e. The average molecular weight is 302 g/mol. The van der Waals surface area contributed by atoms with Crippen LogP contribution in [0.2, 0.25) is 0 Å². The Morgan fingerprint density at radius 3 is 2.77 bits per heavy atom. The van der Waals surface area contributed by atoms with Crippen LogP contribution in [0.3, 0.4) is 0 Å². The van der Waals surface area contributed by atoms with Gasteiger partial charge in [-0.1, -0.05) is 19.3 Å². The molecule has 1 N–H and O–H groups in total.